The number of rotatable bonds is 6. The Kier molecular flexibility index (Phi) is 6.45. The van der Waals surface area contributed by atoms with Crippen molar-refractivity contribution >= 4 is 40.4 Å². The number of fused-ring (bicyclic) bond motifs is 1. The summed E-state index contributed by atoms with van der Waals surface area (Å²) in [6.07, 6.45) is 3.60. The number of anilines is 1. The Labute approximate surface area is 199 Å². The second kappa shape index (κ2) is 9.45. The number of carbonyl (C=O) groups is 1. The van der Waals surface area contributed by atoms with Gasteiger partial charge in [-0.25, -0.2) is 14.5 Å². The third-order valence-corrected chi connectivity index (χ3v) is 5.55. The molecule has 0 atom stereocenters. The Balaban J connectivity index is 1.49. The number of pyridine rings is 1. The van der Waals surface area contributed by atoms with E-state index >= 15 is 0 Å². The summed E-state index contributed by atoms with van der Waals surface area (Å²) in [6, 6.07) is 10.6. The van der Waals surface area contributed by atoms with E-state index in [1.165, 1.54) is 18.5 Å². The summed E-state index contributed by atoms with van der Waals surface area (Å²) in [7, 11) is 0. The van der Waals surface area contributed by atoms with Crippen LogP contribution in [0.5, 0.6) is 11.6 Å². The van der Waals surface area contributed by atoms with Gasteiger partial charge in [-0.2, -0.15) is 10.4 Å². The average Bonchev–Trinajstić information content (AvgIpc) is 3.19. The number of hydrogen-bond acceptors (Lipinski definition) is 6. The minimum atomic E-state index is -0.196. The van der Waals surface area contributed by atoms with Gasteiger partial charge >= 0.3 is 0 Å². The van der Waals surface area contributed by atoms with E-state index in [9.17, 15) is 10.1 Å². The van der Waals surface area contributed by atoms with E-state index < -0.39 is 0 Å². The van der Waals surface area contributed by atoms with Crippen molar-refractivity contribution in [2.45, 2.75) is 26.7 Å². The number of carbonyl (C=O) groups excluding carboxylic acids is 1. The molecule has 4 rings (SSSR count). The van der Waals surface area contributed by atoms with Crippen molar-refractivity contribution in [3.8, 4) is 17.7 Å². The van der Waals surface area contributed by atoms with E-state index in [1.807, 2.05) is 13.8 Å². The number of hydrogen-bond donors (Lipinski definition) is 1. The number of benzene rings is 1. The number of aromatic nitrogens is 4. The van der Waals surface area contributed by atoms with Crippen LogP contribution in [0, 0.1) is 25.2 Å². The van der Waals surface area contributed by atoms with Gasteiger partial charge in [0, 0.05) is 24.0 Å². The van der Waals surface area contributed by atoms with E-state index in [2.05, 4.69) is 26.5 Å². The third kappa shape index (κ3) is 4.75. The molecule has 3 aromatic heterocycles. The molecule has 0 unspecified atom stereocenters. The van der Waals surface area contributed by atoms with Gasteiger partial charge < -0.3 is 10.1 Å². The molecule has 0 fully saturated rings. The number of amides is 1. The average molecular weight is 481 g/mol. The van der Waals surface area contributed by atoms with E-state index in [-0.39, 0.29) is 23.2 Å². The van der Waals surface area contributed by atoms with Gasteiger partial charge in [-0.3, -0.25) is 4.79 Å². The second-order valence-corrected chi connectivity index (χ2v) is 8.10. The zero-order chi connectivity index (χ0) is 23.5. The minimum absolute atomic E-state index is 0.185. The van der Waals surface area contributed by atoms with Crippen molar-refractivity contribution in [2.75, 3.05) is 5.32 Å². The van der Waals surface area contributed by atoms with E-state index in [0.717, 1.165) is 17.0 Å². The molecule has 0 bridgehead atoms. The SMILES string of the molecule is Cc1nc2c(C#N)cnn2c(C)c1CCC(=O)Nc1ccccc1Oc1ncc(Cl)cc1Cl. The van der Waals surface area contributed by atoms with E-state index in [1.54, 1.807) is 28.8 Å². The summed E-state index contributed by atoms with van der Waals surface area (Å²) in [5.41, 5.74) is 3.93. The minimum Gasteiger partial charge on any atom is -0.435 e. The largest absolute Gasteiger partial charge is 0.435 e. The summed E-state index contributed by atoms with van der Waals surface area (Å²) >= 11 is 12.0. The Bertz CT molecular complexity index is 1410. The van der Waals surface area contributed by atoms with Gasteiger partial charge in [-0.05, 0) is 44.0 Å². The molecule has 4 aromatic rings. The van der Waals surface area contributed by atoms with Crippen molar-refractivity contribution < 1.29 is 9.53 Å². The summed E-state index contributed by atoms with van der Waals surface area (Å²) in [6.45, 7) is 3.76. The Morgan fingerprint density at radius 1 is 1.24 bits per heavy atom. The summed E-state index contributed by atoms with van der Waals surface area (Å²) in [4.78, 5) is 21.3. The van der Waals surface area contributed by atoms with Gasteiger partial charge in [0.2, 0.25) is 11.8 Å². The van der Waals surface area contributed by atoms with Gasteiger partial charge in [-0.1, -0.05) is 35.3 Å². The molecule has 0 radical (unpaired) electrons. The predicted octanol–water partition coefficient (Wildman–Crippen LogP) is 5.28. The molecule has 0 aliphatic rings. The highest BCUT2D eigenvalue weighted by Gasteiger charge is 2.16. The Morgan fingerprint density at radius 3 is 2.79 bits per heavy atom. The second-order valence-electron chi connectivity index (χ2n) is 7.25. The van der Waals surface area contributed by atoms with Crippen molar-refractivity contribution in [3.05, 3.63) is 75.3 Å². The third-order valence-electron chi connectivity index (χ3n) is 5.07. The highest BCUT2D eigenvalue weighted by molar-refractivity contribution is 6.35. The summed E-state index contributed by atoms with van der Waals surface area (Å²) in [5, 5.41) is 17.0. The Hall–Kier alpha value is -3.67. The standard InChI is InChI=1S/C23H18Cl2N6O2/c1-13-17(14(2)31-22(29-13)15(10-26)11-28-31)7-8-21(32)30-19-5-3-4-6-20(19)33-23-18(25)9-16(24)12-27-23/h3-6,9,11-12H,7-8H2,1-2H3,(H,30,32). The zero-order valence-corrected chi connectivity index (χ0v) is 19.3. The maximum atomic E-state index is 12.7. The van der Waals surface area contributed by atoms with Crippen LogP contribution in [0.3, 0.4) is 0 Å². The molecule has 3 heterocycles. The van der Waals surface area contributed by atoms with Crippen LogP contribution in [-0.4, -0.2) is 25.5 Å². The molecule has 1 amide bonds. The topological polar surface area (TPSA) is 105 Å². The van der Waals surface area contributed by atoms with Crippen molar-refractivity contribution in [2.24, 2.45) is 0 Å². The number of ether oxygens (including phenoxy) is 1. The van der Waals surface area contributed by atoms with Crippen LogP contribution in [0.25, 0.3) is 5.65 Å². The first-order chi connectivity index (χ1) is 15.9. The number of halogens is 2. The number of nitrogens with one attached hydrogen (secondary N) is 1. The molecule has 0 aliphatic heterocycles. The fourth-order valence-corrected chi connectivity index (χ4v) is 3.86. The molecule has 1 aromatic carbocycles. The van der Waals surface area contributed by atoms with Crippen molar-refractivity contribution in [1.29, 1.82) is 5.26 Å². The predicted molar refractivity (Wildman–Crippen MR) is 125 cm³/mol. The van der Waals surface area contributed by atoms with Crippen LogP contribution in [0.1, 0.15) is 28.9 Å². The van der Waals surface area contributed by atoms with Gasteiger partial charge in [0.25, 0.3) is 0 Å². The fourth-order valence-electron chi connectivity index (χ4n) is 3.44. The van der Waals surface area contributed by atoms with Crippen LogP contribution in [0.15, 0.2) is 42.7 Å². The molecule has 0 saturated heterocycles. The first-order valence-electron chi connectivity index (χ1n) is 9.99. The molecule has 166 valence electrons. The smallest absolute Gasteiger partial charge is 0.238 e. The van der Waals surface area contributed by atoms with Crippen LogP contribution in [-0.2, 0) is 11.2 Å². The lowest BCUT2D eigenvalue weighted by Gasteiger charge is -2.13. The monoisotopic (exact) mass is 480 g/mol. The molecule has 10 heteroatoms. The molecule has 0 spiro atoms. The van der Waals surface area contributed by atoms with Gasteiger partial charge in [0.1, 0.15) is 16.7 Å². The van der Waals surface area contributed by atoms with E-state index in [4.69, 9.17) is 27.9 Å². The van der Waals surface area contributed by atoms with Gasteiger partial charge in [0.05, 0.1) is 16.9 Å². The van der Waals surface area contributed by atoms with Crippen LogP contribution >= 0.6 is 23.2 Å². The molecule has 33 heavy (non-hydrogen) atoms. The van der Waals surface area contributed by atoms with Crippen molar-refractivity contribution in [3.63, 3.8) is 0 Å². The zero-order valence-electron chi connectivity index (χ0n) is 17.8. The van der Waals surface area contributed by atoms with Gasteiger partial charge in [0.15, 0.2) is 11.4 Å². The highest BCUT2D eigenvalue weighted by atomic mass is 35.5. The summed E-state index contributed by atoms with van der Waals surface area (Å²) < 4.78 is 7.42. The molecular weight excluding hydrogens is 463 g/mol. The first kappa shape index (κ1) is 22.5. The van der Waals surface area contributed by atoms with Crippen LogP contribution < -0.4 is 10.1 Å². The van der Waals surface area contributed by atoms with E-state index in [0.29, 0.717) is 34.1 Å². The normalized spacial score (nSPS) is 10.8. The number of aryl methyl sites for hydroxylation is 2. The number of nitriles is 1. The molecular formula is C23H18Cl2N6O2. The lowest BCUT2D eigenvalue weighted by molar-refractivity contribution is -0.116. The molecule has 1 N–H and O–H groups in total. The maximum absolute atomic E-state index is 12.7. The van der Waals surface area contributed by atoms with Crippen LogP contribution in [0.2, 0.25) is 10.0 Å². The lowest BCUT2D eigenvalue weighted by Crippen LogP contribution is -2.15. The molecule has 8 nitrogen and oxygen atoms in total. The van der Waals surface area contributed by atoms with Crippen LogP contribution in [0.4, 0.5) is 5.69 Å². The molecule has 0 aliphatic carbocycles. The lowest BCUT2D eigenvalue weighted by atomic mass is 10.1. The Morgan fingerprint density at radius 2 is 2.03 bits per heavy atom. The number of para-hydroxylation sites is 2. The quantitative estimate of drug-likeness (QED) is 0.402. The maximum Gasteiger partial charge on any atom is 0.238 e. The first-order valence-corrected chi connectivity index (χ1v) is 10.7. The number of nitrogens with zero attached hydrogens (tertiary/aromatic N) is 5. The van der Waals surface area contributed by atoms with Gasteiger partial charge in [-0.15, -0.1) is 0 Å². The molecule has 0 saturated carbocycles. The fraction of sp³-hybridized carbons (Fsp3) is 0.174. The highest BCUT2D eigenvalue weighted by Crippen LogP contribution is 2.33. The van der Waals surface area contributed by atoms with Crippen molar-refractivity contribution in [1.82, 2.24) is 19.6 Å². The summed E-state index contributed by atoms with van der Waals surface area (Å²) in [5.74, 6) is 0.390.